The van der Waals surface area contributed by atoms with Crippen molar-refractivity contribution in [3.8, 4) is 0 Å². The molecule has 1 unspecified atom stereocenters. The van der Waals surface area contributed by atoms with E-state index in [1.807, 2.05) is 16.3 Å². The summed E-state index contributed by atoms with van der Waals surface area (Å²) in [6, 6.07) is 2.24. The average Bonchev–Trinajstić information content (AvgIpc) is 2.61. The van der Waals surface area contributed by atoms with Crippen LogP contribution in [-0.2, 0) is 11.2 Å². The number of hydrogen-bond acceptors (Lipinski definition) is 3. The maximum atomic E-state index is 12.4. The molecule has 1 fully saturated rings. The molecule has 2 heterocycles. The van der Waals surface area contributed by atoms with Gasteiger partial charge in [0.05, 0.1) is 6.42 Å². The van der Waals surface area contributed by atoms with Crippen molar-refractivity contribution in [2.75, 3.05) is 6.54 Å². The number of piperidine rings is 1. The lowest BCUT2D eigenvalue weighted by atomic mass is 9.87. The highest BCUT2D eigenvalue weighted by molar-refractivity contribution is 9.10. The van der Waals surface area contributed by atoms with E-state index in [4.69, 9.17) is 5.73 Å². The van der Waals surface area contributed by atoms with E-state index in [2.05, 4.69) is 29.8 Å². The first-order chi connectivity index (χ1) is 8.38. The summed E-state index contributed by atoms with van der Waals surface area (Å²) < 4.78 is 1.05. The van der Waals surface area contributed by atoms with E-state index in [1.165, 1.54) is 0 Å². The Hall–Kier alpha value is -0.390. The molecule has 1 aromatic heterocycles. The molecule has 0 bridgehead atoms. The number of likely N-dealkylation sites (tertiary alicyclic amines) is 1. The number of thiophene rings is 1. The van der Waals surface area contributed by atoms with E-state index < -0.39 is 0 Å². The van der Waals surface area contributed by atoms with Gasteiger partial charge in [-0.2, -0.15) is 0 Å². The van der Waals surface area contributed by atoms with E-state index in [0.717, 1.165) is 28.7 Å². The minimum absolute atomic E-state index is 0.122. The van der Waals surface area contributed by atoms with Crippen LogP contribution in [-0.4, -0.2) is 28.9 Å². The van der Waals surface area contributed by atoms with Gasteiger partial charge in [-0.05, 0) is 48.7 Å². The normalized spacial score (nSPS) is 23.1. The Labute approximate surface area is 120 Å². The number of rotatable bonds is 2. The van der Waals surface area contributed by atoms with Gasteiger partial charge in [-0.1, -0.05) is 0 Å². The van der Waals surface area contributed by atoms with Gasteiger partial charge in [0.1, 0.15) is 0 Å². The molecule has 0 spiro atoms. The number of hydrogen-bond donors (Lipinski definition) is 1. The van der Waals surface area contributed by atoms with Crippen LogP contribution in [0, 0.1) is 0 Å². The molecule has 0 radical (unpaired) electrons. The molecule has 2 rings (SSSR count). The first kappa shape index (κ1) is 14.0. The van der Waals surface area contributed by atoms with Crippen molar-refractivity contribution >= 4 is 33.2 Å². The Morgan fingerprint density at radius 1 is 1.67 bits per heavy atom. The number of carbonyl (C=O) groups is 1. The van der Waals surface area contributed by atoms with Crippen LogP contribution < -0.4 is 5.73 Å². The molecule has 5 heteroatoms. The van der Waals surface area contributed by atoms with Crippen LogP contribution in [0.3, 0.4) is 0 Å². The number of amides is 1. The zero-order valence-corrected chi connectivity index (χ0v) is 13.2. The molecule has 18 heavy (non-hydrogen) atoms. The number of nitrogens with zero attached hydrogens (tertiary/aromatic N) is 1. The summed E-state index contributed by atoms with van der Waals surface area (Å²) in [6.07, 6.45) is 2.28. The SMILES string of the molecule is CC1(C)CC(N)CCN1C(=O)Cc1cc(Br)cs1. The zero-order valence-electron chi connectivity index (χ0n) is 10.8. The van der Waals surface area contributed by atoms with Crippen LogP contribution in [0.5, 0.6) is 0 Å². The van der Waals surface area contributed by atoms with Crippen LogP contribution >= 0.6 is 27.3 Å². The Bertz CT molecular complexity index is 444. The van der Waals surface area contributed by atoms with E-state index in [-0.39, 0.29) is 17.5 Å². The monoisotopic (exact) mass is 330 g/mol. The molecule has 0 aliphatic carbocycles. The average molecular weight is 331 g/mol. The molecule has 100 valence electrons. The summed E-state index contributed by atoms with van der Waals surface area (Å²) in [5.41, 5.74) is 5.86. The van der Waals surface area contributed by atoms with Gasteiger partial charge in [-0.3, -0.25) is 4.79 Å². The molecular formula is C13H19BrN2OS. The molecule has 1 aliphatic rings. The first-order valence-electron chi connectivity index (χ1n) is 6.17. The van der Waals surface area contributed by atoms with Crippen LogP contribution in [0.15, 0.2) is 15.9 Å². The lowest BCUT2D eigenvalue weighted by Gasteiger charge is -2.44. The lowest BCUT2D eigenvalue weighted by molar-refractivity contribution is -0.137. The lowest BCUT2D eigenvalue weighted by Crippen LogP contribution is -2.56. The van der Waals surface area contributed by atoms with Crippen molar-refractivity contribution in [3.63, 3.8) is 0 Å². The third kappa shape index (κ3) is 3.13. The number of halogens is 1. The minimum atomic E-state index is -0.122. The van der Waals surface area contributed by atoms with Crippen LogP contribution in [0.25, 0.3) is 0 Å². The summed E-state index contributed by atoms with van der Waals surface area (Å²) in [5, 5.41) is 2.01. The van der Waals surface area contributed by atoms with Crippen molar-refractivity contribution in [2.45, 2.75) is 44.7 Å². The molecule has 1 aromatic rings. The third-order valence-electron chi connectivity index (χ3n) is 3.46. The topological polar surface area (TPSA) is 46.3 Å². The Kier molecular flexibility index (Phi) is 4.14. The Morgan fingerprint density at radius 2 is 2.39 bits per heavy atom. The minimum Gasteiger partial charge on any atom is -0.337 e. The van der Waals surface area contributed by atoms with Crippen molar-refractivity contribution < 1.29 is 4.79 Å². The highest BCUT2D eigenvalue weighted by Gasteiger charge is 2.36. The van der Waals surface area contributed by atoms with Crippen LogP contribution in [0.4, 0.5) is 0 Å². The smallest absolute Gasteiger partial charge is 0.228 e. The second-order valence-electron chi connectivity index (χ2n) is 5.52. The molecular weight excluding hydrogens is 312 g/mol. The van der Waals surface area contributed by atoms with Gasteiger partial charge >= 0.3 is 0 Å². The van der Waals surface area contributed by atoms with Gasteiger partial charge in [-0.15, -0.1) is 11.3 Å². The van der Waals surface area contributed by atoms with Gasteiger partial charge < -0.3 is 10.6 Å². The summed E-state index contributed by atoms with van der Waals surface area (Å²) in [4.78, 5) is 15.5. The van der Waals surface area contributed by atoms with E-state index >= 15 is 0 Å². The summed E-state index contributed by atoms with van der Waals surface area (Å²) in [7, 11) is 0. The quantitative estimate of drug-likeness (QED) is 0.906. The van der Waals surface area contributed by atoms with Gasteiger partial charge in [0, 0.05) is 32.9 Å². The van der Waals surface area contributed by atoms with Crippen molar-refractivity contribution in [3.05, 3.63) is 20.8 Å². The second kappa shape index (κ2) is 5.31. The Balaban J connectivity index is 2.04. The first-order valence-corrected chi connectivity index (χ1v) is 7.85. The van der Waals surface area contributed by atoms with Crippen molar-refractivity contribution in [1.82, 2.24) is 4.90 Å². The predicted octanol–water partition coefficient (Wildman–Crippen LogP) is 2.78. The predicted molar refractivity (Wildman–Crippen MR) is 78.7 cm³/mol. The fourth-order valence-electron chi connectivity index (χ4n) is 2.60. The molecule has 0 aromatic carbocycles. The van der Waals surface area contributed by atoms with E-state index in [1.54, 1.807) is 11.3 Å². The molecule has 1 saturated heterocycles. The summed E-state index contributed by atoms with van der Waals surface area (Å²) in [5.74, 6) is 0.209. The summed E-state index contributed by atoms with van der Waals surface area (Å²) in [6.45, 7) is 4.99. The Morgan fingerprint density at radius 3 is 2.94 bits per heavy atom. The van der Waals surface area contributed by atoms with Gasteiger partial charge in [-0.25, -0.2) is 0 Å². The molecule has 1 atom stereocenters. The van der Waals surface area contributed by atoms with E-state index in [0.29, 0.717) is 6.42 Å². The second-order valence-corrected chi connectivity index (χ2v) is 7.43. The highest BCUT2D eigenvalue weighted by atomic mass is 79.9. The van der Waals surface area contributed by atoms with Crippen molar-refractivity contribution in [1.29, 1.82) is 0 Å². The molecule has 1 aliphatic heterocycles. The maximum absolute atomic E-state index is 12.4. The molecule has 1 amide bonds. The fourth-order valence-corrected chi connectivity index (χ4v) is 4.05. The standard InChI is InChI=1S/C13H19BrN2OS/c1-13(2)7-10(15)3-4-16(13)12(17)6-11-5-9(14)8-18-11/h5,8,10H,3-4,6-7,15H2,1-2H3. The maximum Gasteiger partial charge on any atom is 0.228 e. The van der Waals surface area contributed by atoms with Crippen molar-refractivity contribution in [2.24, 2.45) is 5.73 Å². The van der Waals surface area contributed by atoms with Gasteiger partial charge in [0.25, 0.3) is 0 Å². The highest BCUT2D eigenvalue weighted by Crippen LogP contribution is 2.28. The molecule has 2 N–H and O–H groups in total. The zero-order chi connectivity index (χ0) is 13.3. The largest absolute Gasteiger partial charge is 0.337 e. The fraction of sp³-hybridized carbons (Fsp3) is 0.615. The van der Waals surface area contributed by atoms with Gasteiger partial charge in [0.2, 0.25) is 5.91 Å². The van der Waals surface area contributed by atoms with E-state index in [9.17, 15) is 4.79 Å². The molecule has 0 saturated carbocycles. The van der Waals surface area contributed by atoms with Gasteiger partial charge in [0.15, 0.2) is 0 Å². The molecule has 3 nitrogen and oxygen atoms in total. The summed E-state index contributed by atoms with van der Waals surface area (Å²) >= 11 is 5.04. The number of carbonyl (C=O) groups excluding carboxylic acids is 1. The number of nitrogens with two attached hydrogens (primary N) is 1. The van der Waals surface area contributed by atoms with Crippen LogP contribution in [0.2, 0.25) is 0 Å². The van der Waals surface area contributed by atoms with Crippen LogP contribution in [0.1, 0.15) is 31.6 Å². The third-order valence-corrected chi connectivity index (χ3v) is 5.16.